The maximum atomic E-state index is 5.83. The van der Waals surface area contributed by atoms with E-state index in [0.717, 1.165) is 23.5 Å². The first kappa shape index (κ1) is 15.1. The molecule has 19 heavy (non-hydrogen) atoms. The zero-order valence-corrected chi connectivity index (χ0v) is 13.7. The van der Waals surface area contributed by atoms with Gasteiger partial charge in [-0.1, -0.05) is 20.3 Å². The number of furan rings is 1. The lowest BCUT2D eigenvalue weighted by Gasteiger charge is -2.31. The van der Waals surface area contributed by atoms with Gasteiger partial charge in [-0.2, -0.15) is 0 Å². The van der Waals surface area contributed by atoms with Crippen LogP contribution in [0.4, 0.5) is 0 Å². The first-order valence-electron chi connectivity index (χ1n) is 7.26. The van der Waals surface area contributed by atoms with Crippen molar-refractivity contribution in [2.24, 2.45) is 5.92 Å². The highest BCUT2D eigenvalue weighted by atomic mass is 79.9. The molecule has 1 aliphatic rings. The quantitative estimate of drug-likeness (QED) is 0.910. The Bertz CT molecular complexity index is 391. The van der Waals surface area contributed by atoms with Crippen molar-refractivity contribution < 1.29 is 4.42 Å². The van der Waals surface area contributed by atoms with Gasteiger partial charge in [0.1, 0.15) is 5.76 Å². The summed E-state index contributed by atoms with van der Waals surface area (Å²) >= 11 is 3.42. The summed E-state index contributed by atoms with van der Waals surface area (Å²) in [5, 5.41) is 3.59. The molecule has 1 aliphatic heterocycles. The largest absolute Gasteiger partial charge is 0.453 e. The number of hydrogen-bond donors (Lipinski definition) is 1. The fraction of sp³-hybridized carbons (Fsp3) is 0.733. The van der Waals surface area contributed by atoms with E-state index < -0.39 is 0 Å². The Labute approximate surface area is 124 Å². The summed E-state index contributed by atoms with van der Waals surface area (Å²) in [7, 11) is 2.22. The fourth-order valence-electron chi connectivity index (χ4n) is 2.96. The second-order valence-electron chi connectivity index (χ2n) is 5.89. The Balaban J connectivity index is 2.15. The first-order valence-corrected chi connectivity index (χ1v) is 8.06. The minimum absolute atomic E-state index is 0.389. The van der Waals surface area contributed by atoms with Gasteiger partial charge in [-0.05, 0) is 60.4 Å². The molecule has 2 rings (SSSR count). The molecule has 4 heteroatoms. The molecule has 0 bridgehead atoms. The summed E-state index contributed by atoms with van der Waals surface area (Å²) in [6.07, 6.45) is 3.87. The minimum atomic E-state index is 0.389. The van der Waals surface area contributed by atoms with Crippen LogP contribution in [0.1, 0.15) is 44.9 Å². The molecular formula is C15H25BrN2O. The van der Waals surface area contributed by atoms with Crippen LogP contribution in [0.3, 0.4) is 0 Å². The normalized spacial score (nSPS) is 25.7. The number of halogens is 1. The van der Waals surface area contributed by atoms with Crippen LogP contribution < -0.4 is 5.32 Å². The molecule has 0 aliphatic carbocycles. The molecule has 0 amide bonds. The Morgan fingerprint density at radius 2 is 2.21 bits per heavy atom. The predicted octanol–water partition coefficient (Wildman–Crippen LogP) is 3.81. The number of likely N-dealkylation sites (tertiary alicyclic amines) is 1. The Hall–Kier alpha value is -0.320. The van der Waals surface area contributed by atoms with Gasteiger partial charge < -0.3 is 9.73 Å². The van der Waals surface area contributed by atoms with Crippen molar-refractivity contribution in [2.45, 2.75) is 45.2 Å². The van der Waals surface area contributed by atoms with Crippen LogP contribution in [0.5, 0.6) is 0 Å². The summed E-state index contributed by atoms with van der Waals surface area (Å²) in [5.41, 5.74) is 0. The van der Waals surface area contributed by atoms with E-state index in [1.54, 1.807) is 0 Å². The molecular weight excluding hydrogens is 304 g/mol. The van der Waals surface area contributed by atoms with Crippen molar-refractivity contribution in [1.29, 1.82) is 0 Å². The third-order valence-electron chi connectivity index (χ3n) is 3.93. The number of rotatable bonds is 4. The van der Waals surface area contributed by atoms with Gasteiger partial charge in [-0.15, -0.1) is 0 Å². The van der Waals surface area contributed by atoms with Crippen molar-refractivity contribution in [3.8, 4) is 0 Å². The van der Waals surface area contributed by atoms with Crippen LogP contribution in [0.2, 0.25) is 0 Å². The van der Waals surface area contributed by atoms with Gasteiger partial charge in [-0.25, -0.2) is 0 Å². The van der Waals surface area contributed by atoms with Gasteiger partial charge in [0, 0.05) is 12.6 Å². The lowest BCUT2D eigenvalue weighted by Crippen LogP contribution is -2.36. The van der Waals surface area contributed by atoms with Crippen LogP contribution >= 0.6 is 15.9 Å². The third-order valence-corrected chi connectivity index (χ3v) is 4.36. The molecule has 1 N–H and O–H groups in total. The van der Waals surface area contributed by atoms with E-state index in [9.17, 15) is 0 Å². The van der Waals surface area contributed by atoms with Crippen molar-refractivity contribution in [3.63, 3.8) is 0 Å². The maximum Gasteiger partial charge on any atom is 0.169 e. The number of hydrogen-bond acceptors (Lipinski definition) is 3. The topological polar surface area (TPSA) is 28.4 Å². The summed E-state index contributed by atoms with van der Waals surface area (Å²) in [6, 6.07) is 5.04. The lowest BCUT2D eigenvalue weighted by atomic mass is 9.92. The highest BCUT2D eigenvalue weighted by Gasteiger charge is 2.31. The Morgan fingerprint density at radius 1 is 1.42 bits per heavy atom. The van der Waals surface area contributed by atoms with Gasteiger partial charge in [0.05, 0.1) is 6.04 Å². The van der Waals surface area contributed by atoms with Gasteiger partial charge in [-0.3, -0.25) is 4.90 Å². The van der Waals surface area contributed by atoms with Crippen LogP contribution in [-0.2, 0) is 0 Å². The summed E-state index contributed by atoms with van der Waals surface area (Å²) < 4.78 is 6.66. The first-order chi connectivity index (χ1) is 9.08. The maximum absolute atomic E-state index is 5.83. The average molecular weight is 329 g/mol. The van der Waals surface area contributed by atoms with E-state index >= 15 is 0 Å². The minimum Gasteiger partial charge on any atom is -0.453 e. The van der Waals surface area contributed by atoms with Crippen molar-refractivity contribution >= 4 is 15.9 Å². The Kier molecular flexibility index (Phi) is 5.48. The summed E-state index contributed by atoms with van der Waals surface area (Å²) in [5.74, 6) is 1.71. The molecule has 1 aromatic heterocycles. The zero-order chi connectivity index (χ0) is 13.8. The standard InChI is InChI=1S/C15H25BrN2O/c1-11(2)17-10-12-6-4-5-9-18(3)15(12)13-7-8-14(16)19-13/h7-8,11-12,15,17H,4-6,9-10H2,1-3H3. The van der Waals surface area contributed by atoms with Gasteiger partial charge in [0.15, 0.2) is 4.67 Å². The monoisotopic (exact) mass is 328 g/mol. The third kappa shape index (κ3) is 4.07. The second-order valence-corrected chi connectivity index (χ2v) is 6.67. The van der Waals surface area contributed by atoms with Gasteiger partial charge in [0.25, 0.3) is 0 Å². The van der Waals surface area contributed by atoms with E-state index in [-0.39, 0.29) is 0 Å². The SMILES string of the molecule is CC(C)NCC1CCCCN(C)C1c1ccc(Br)o1. The van der Waals surface area contributed by atoms with Crippen LogP contribution in [0.25, 0.3) is 0 Å². The lowest BCUT2D eigenvalue weighted by molar-refractivity contribution is 0.160. The van der Waals surface area contributed by atoms with E-state index in [2.05, 4.69) is 53.1 Å². The molecule has 2 atom stereocenters. The van der Waals surface area contributed by atoms with Crippen molar-refractivity contribution in [2.75, 3.05) is 20.1 Å². The van der Waals surface area contributed by atoms with Gasteiger partial charge >= 0.3 is 0 Å². The number of nitrogens with zero attached hydrogens (tertiary/aromatic N) is 1. The molecule has 3 nitrogen and oxygen atoms in total. The molecule has 1 aromatic rings. The molecule has 108 valence electrons. The molecule has 0 spiro atoms. The predicted molar refractivity (Wildman–Crippen MR) is 82.3 cm³/mol. The molecule has 2 unspecified atom stereocenters. The van der Waals surface area contributed by atoms with Gasteiger partial charge in [0.2, 0.25) is 0 Å². The van der Waals surface area contributed by atoms with E-state index in [1.807, 2.05) is 6.07 Å². The zero-order valence-electron chi connectivity index (χ0n) is 12.2. The fourth-order valence-corrected chi connectivity index (χ4v) is 3.28. The highest BCUT2D eigenvalue weighted by Crippen LogP contribution is 2.35. The van der Waals surface area contributed by atoms with Crippen LogP contribution in [0, 0.1) is 5.92 Å². The number of nitrogens with one attached hydrogen (secondary N) is 1. The molecule has 0 radical (unpaired) electrons. The molecule has 2 heterocycles. The smallest absolute Gasteiger partial charge is 0.169 e. The highest BCUT2D eigenvalue weighted by molar-refractivity contribution is 9.10. The average Bonchev–Trinajstić information content (AvgIpc) is 2.67. The molecule has 0 aromatic carbocycles. The van der Waals surface area contributed by atoms with Crippen LogP contribution in [0.15, 0.2) is 21.2 Å². The van der Waals surface area contributed by atoms with Crippen molar-refractivity contribution in [3.05, 3.63) is 22.6 Å². The Morgan fingerprint density at radius 3 is 2.84 bits per heavy atom. The van der Waals surface area contributed by atoms with E-state index in [0.29, 0.717) is 18.0 Å². The summed E-state index contributed by atoms with van der Waals surface area (Å²) in [4.78, 5) is 2.45. The van der Waals surface area contributed by atoms with E-state index in [1.165, 1.54) is 19.3 Å². The second kappa shape index (κ2) is 6.91. The van der Waals surface area contributed by atoms with Crippen molar-refractivity contribution in [1.82, 2.24) is 10.2 Å². The molecule has 1 saturated heterocycles. The summed E-state index contributed by atoms with van der Waals surface area (Å²) in [6.45, 7) is 6.63. The molecule has 0 saturated carbocycles. The molecule has 1 fully saturated rings. The van der Waals surface area contributed by atoms with E-state index in [4.69, 9.17) is 4.42 Å². The van der Waals surface area contributed by atoms with Crippen LogP contribution in [-0.4, -0.2) is 31.1 Å².